The topological polar surface area (TPSA) is 44.1 Å². The van der Waals surface area contributed by atoms with Gasteiger partial charge in [-0.3, -0.25) is 4.79 Å². The molecule has 5 heteroatoms. The zero-order valence-corrected chi connectivity index (χ0v) is 14.1. The number of rotatable bonds is 4. The van der Waals surface area contributed by atoms with E-state index in [1.807, 2.05) is 32.9 Å². The third-order valence-electron chi connectivity index (χ3n) is 3.35. The Kier molecular flexibility index (Phi) is 4.91. The summed E-state index contributed by atoms with van der Waals surface area (Å²) in [4.78, 5) is 12.2. The molecule has 0 radical (unpaired) electrons. The minimum absolute atomic E-state index is 0.0649. The van der Waals surface area contributed by atoms with Crippen molar-refractivity contribution in [2.75, 3.05) is 0 Å². The van der Waals surface area contributed by atoms with Crippen LogP contribution in [0.3, 0.4) is 0 Å². The Balaban J connectivity index is 2.16. The molecule has 0 bridgehead atoms. The van der Waals surface area contributed by atoms with Crippen molar-refractivity contribution in [3.63, 3.8) is 0 Å². The summed E-state index contributed by atoms with van der Waals surface area (Å²) in [5.41, 5.74) is 1.53. The maximum atomic E-state index is 12.2. The number of hydrogen-bond donors (Lipinski definition) is 0. The van der Waals surface area contributed by atoms with E-state index in [1.165, 1.54) is 16.4 Å². The lowest BCUT2D eigenvalue weighted by molar-refractivity contribution is 0.292. The van der Waals surface area contributed by atoms with Gasteiger partial charge < -0.3 is 4.74 Å². The molecule has 4 nitrogen and oxygen atoms in total. The molecule has 1 heterocycles. The van der Waals surface area contributed by atoms with E-state index in [0.29, 0.717) is 12.4 Å². The van der Waals surface area contributed by atoms with Gasteiger partial charge in [0.25, 0.3) is 5.56 Å². The fourth-order valence-corrected chi connectivity index (χ4v) is 2.21. The number of nitrogens with zero attached hydrogens (tertiary/aromatic N) is 2. The molecule has 0 amide bonds. The smallest absolute Gasteiger partial charge is 0.289 e. The van der Waals surface area contributed by atoms with E-state index in [2.05, 4.69) is 24.2 Å². The highest BCUT2D eigenvalue weighted by atomic mass is 35.5. The van der Waals surface area contributed by atoms with Crippen LogP contribution in [0.4, 0.5) is 0 Å². The van der Waals surface area contributed by atoms with Crippen LogP contribution in [0.1, 0.15) is 38.8 Å². The van der Waals surface area contributed by atoms with Crippen LogP contribution < -0.4 is 10.3 Å². The van der Waals surface area contributed by atoms with Crippen LogP contribution in [0.15, 0.2) is 35.3 Å². The zero-order chi connectivity index (χ0) is 16.3. The molecule has 0 aliphatic rings. The number of aromatic nitrogens is 2. The Morgan fingerprint density at radius 1 is 1.18 bits per heavy atom. The lowest BCUT2D eigenvalue weighted by atomic mass is 10.1. The normalized spacial score (nSPS) is 11.5. The van der Waals surface area contributed by atoms with E-state index < -0.39 is 5.54 Å². The van der Waals surface area contributed by atoms with Crippen molar-refractivity contribution < 1.29 is 4.74 Å². The molecule has 1 aromatic carbocycles. The van der Waals surface area contributed by atoms with Gasteiger partial charge in [-0.05, 0) is 38.3 Å². The number of hydrogen-bond acceptors (Lipinski definition) is 3. The Bertz CT molecular complexity index is 700. The largest absolute Gasteiger partial charge is 0.485 e. The average molecular weight is 321 g/mol. The van der Waals surface area contributed by atoms with Crippen molar-refractivity contribution in [2.45, 2.75) is 46.3 Å². The first kappa shape index (κ1) is 16.6. The van der Waals surface area contributed by atoms with Gasteiger partial charge in [-0.25, -0.2) is 4.68 Å². The second kappa shape index (κ2) is 6.53. The predicted octanol–water partition coefficient (Wildman–Crippen LogP) is 3.79. The van der Waals surface area contributed by atoms with Crippen LogP contribution in [0.25, 0.3) is 0 Å². The van der Waals surface area contributed by atoms with Gasteiger partial charge >= 0.3 is 0 Å². The maximum Gasteiger partial charge on any atom is 0.289 e. The van der Waals surface area contributed by atoms with Crippen LogP contribution in [0, 0.1) is 0 Å². The summed E-state index contributed by atoms with van der Waals surface area (Å²) in [5, 5.41) is 4.21. The van der Waals surface area contributed by atoms with Crippen molar-refractivity contribution in [3.05, 3.63) is 57.0 Å². The van der Waals surface area contributed by atoms with Gasteiger partial charge in [-0.1, -0.05) is 42.8 Å². The first-order valence-electron chi connectivity index (χ1n) is 7.32. The molecule has 2 rings (SSSR count). The van der Waals surface area contributed by atoms with Crippen LogP contribution >= 0.6 is 11.6 Å². The van der Waals surface area contributed by atoms with E-state index in [9.17, 15) is 4.79 Å². The van der Waals surface area contributed by atoms with Gasteiger partial charge in [0.1, 0.15) is 6.61 Å². The fourth-order valence-electron chi connectivity index (χ4n) is 2.03. The molecule has 0 aliphatic heterocycles. The lowest BCUT2D eigenvalue weighted by Crippen LogP contribution is -2.36. The summed E-state index contributed by atoms with van der Waals surface area (Å²) >= 11 is 6.12. The summed E-state index contributed by atoms with van der Waals surface area (Å²) in [7, 11) is 0. The molecular weight excluding hydrogens is 300 g/mol. The van der Waals surface area contributed by atoms with E-state index in [1.54, 1.807) is 0 Å². The van der Waals surface area contributed by atoms with Gasteiger partial charge in [0.05, 0.1) is 11.7 Å². The molecule has 1 aromatic heterocycles. The molecule has 118 valence electrons. The van der Waals surface area contributed by atoms with E-state index >= 15 is 0 Å². The van der Waals surface area contributed by atoms with Crippen molar-refractivity contribution in [2.24, 2.45) is 0 Å². The van der Waals surface area contributed by atoms with E-state index in [0.717, 1.165) is 12.0 Å². The maximum absolute atomic E-state index is 12.2. The number of aryl methyl sites for hydroxylation is 1. The molecule has 0 unspecified atom stereocenters. The van der Waals surface area contributed by atoms with Crippen LogP contribution in [-0.4, -0.2) is 9.78 Å². The molecule has 0 fully saturated rings. The molecule has 0 saturated carbocycles. The zero-order valence-electron chi connectivity index (χ0n) is 13.4. The molecule has 0 atom stereocenters. The summed E-state index contributed by atoms with van der Waals surface area (Å²) in [6.45, 7) is 8.15. The SMILES string of the molecule is CCc1ccc(COc2cnn(C(C)(C)C)c(=O)c2Cl)cc1. The second-order valence-electron chi connectivity index (χ2n) is 6.17. The minimum atomic E-state index is -0.421. The Labute approximate surface area is 135 Å². The number of halogens is 1. The van der Waals surface area contributed by atoms with Crippen molar-refractivity contribution in [3.8, 4) is 5.75 Å². The summed E-state index contributed by atoms with van der Waals surface area (Å²) < 4.78 is 7.00. The highest BCUT2D eigenvalue weighted by molar-refractivity contribution is 6.31. The summed E-state index contributed by atoms with van der Waals surface area (Å²) in [6, 6.07) is 8.15. The third-order valence-corrected chi connectivity index (χ3v) is 3.70. The molecule has 0 spiro atoms. The average Bonchev–Trinajstić information content (AvgIpc) is 2.48. The van der Waals surface area contributed by atoms with E-state index in [4.69, 9.17) is 16.3 Å². The number of benzene rings is 1. The van der Waals surface area contributed by atoms with Crippen molar-refractivity contribution >= 4 is 11.6 Å². The molecule has 0 N–H and O–H groups in total. The third kappa shape index (κ3) is 3.69. The van der Waals surface area contributed by atoms with Gasteiger partial charge in [-0.15, -0.1) is 0 Å². The first-order valence-corrected chi connectivity index (χ1v) is 7.69. The standard InChI is InChI=1S/C17H21ClN2O2/c1-5-12-6-8-13(9-7-12)11-22-14-10-19-20(17(2,3)4)16(21)15(14)18/h6-10H,5,11H2,1-4H3. The number of ether oxygens (including phenoxy) is 1. The lowest BCUT2D eigenvalue weighted by Gasteiger charge is -2.21. The van der Waals surface area contributed by atoms with Crippen LogP contribution in [0.5, 0.6) is 5.75 Å². The van der Waals surface area contributed by atoms with E-state index in [-0.39, 0.29) is 10.6 Å². The van der Waals surface area contributed by atoms with Crippen LogP contribution in [-0.2, 0) is 18.6 Å². The Hall–Kier alpha value is -1.81. The quantitative estimate of drug-likeness (QED) is 0.860. The molecule has 22 heavy (non-hydrogen) atoms. The molecule has 0 aliphatic carbocycles. The molecule has 2 aromatic rings. The Morgan fingerprint density at radius 2 is 1.77 bits per heavy atom. The second-order valence-corrected chi connectivity index (χ2v) is 6.55. The monoisotopic (exact) mass is 320 g/mol. The minimum Gasteiger partial charge on any atom is -0.485 e. The van der Waals surface area contributed by atoms with Gasteiger partial charge in [-0.2, -0.15) is 5.10 Å². The molecular formula is C17H21ClN2O2. The van der Waals surface area contributed by atoms with Gasteiger partial charge in [0.15, 0.2) is 10.8 Å². The van der Waals surface area contributed by atoms with Crippen molar-refractivity contribution in [1.29, 1.82) is 0 Å². The van der Waals surface area contributed by atoms with Crippen molar-refractivity contribution in [1.82, 2.24) is 9.78 Å². The summed E-state index contributed by atoms with van der Waals surface area (Å²) in [6.07, 6.45) is 2.50. The highest BCUT2D eigenvalue weighted by Crippen LogP contribution is 2.21. The molecule has 0 saturated heterocycles. The van der Waals surface area contributed by atoms with Gasteiger partial charge in [0, 0.05) is 0 Å². The summed E-state index contributed by atoms with van der Waals surface area (Å²) in [5.74, 6) is 0.312. The fraction of sp³-hybridized carbons (Fsp3) is 0.412. The predicted molar refractivity (Wildman–Crippen MR) is 88.7 cm³/mol. The highest BCUT2D eigenvalue weighted by Gasteiger charge is 2.19. The Morgan fingerprint density at radius 3 is 2.32 bits per heavy atom. The van der Waals surface area contributed by atoms with Gasteiger partial charge in [0.2, 0.25) is 0 Å². The first-order chi connectivity index (χ1) is 10.3. The van der Waals surface area contributed by atoms with Crippen LogP contribution in [0.2, 0.25) is 5.02 Å².